The molecule has 0 saturated heterocycles. The number of nitrogens with zero attached hydrogens (tertiary/aromatic N) is 1. The Morgan fingerprint density at radius 3 is 2.30 bits per heavy atom. The Morgan fingerprint density at radius 2 is 1.80 bits per heavy atom. The second kappa shape index (κ2) is 6.23. The smallest absolute Gasteiger partial charge is 0.422 e. The molecule has 0 aliphatic rings. The summed E-state index contributed by atoms with van der Waals surface area (Å²) >= 11 is 0. The summed E-state index contributed by atoms with van der Waals surface area (Å²) in [6.45, 7) is 5.14. The van der Waals surface area contributed by atoms with Crippen LogP contribution in [0.5, 0.6) is 0 Å². The molecule has 0 heterocycles. The van der Waals surface area contributed by atoms with Gasteiger partial charge < -0.3 is 4.74 Å². The van der Waals surface area contributed by atoms with Gasteiger partial charge in [0.15, 0.2) is 0 Å². The number of rotatable bonds is 4. The van der Waals surface area contributed by atoms with Crippen molar-refractivity contribution in [2.75, 3.05) is 7.05 Å². The van der Waals surface area contributed by atoms with E-state index in [-0.39, 0.29) is 6.54 Å². The Labute approximate surface area is 119 Å². The normalized spacial score (nSPS) is 12.2. The first kappa shape index (κ1) is 16.5. The maximum atomic E-state index is 11.9. The summed E-state index contributed by atoms with van der Waals surface area (Å²) in [6.07, 6.45) is -0.989. The van der Waals surface area contributed by atoms with E-state index in [1.807, 2.05) is 22.9 Å². The lowest BCUT2D eigenvalue weighted by Crippen LogP contribution is -2.43. The minimum absolute atomic E-state index is 0.166. The van der Waals surface area contributed by atoms with Gasteiger partial charge in [-0.2, -0.15) is 12.7 Å². The van der Waals surface area contributed by atoms with Gasteiger partial charge in [0.25, 0.3) is 0 Å². The fraction of sp³-hybridized carbons (Fsp3) is 0.462. The van der Waals surface area contributed by atoms with Gasteiger partial charge in [-0.1, -0.05) is 30.3 Å². The van der Waals surface area contributed by atoms with Crippen LogP contribution in [0.3, 0.4) is 0 Å². The van der Waals surface area contributed by atoms with Crippen LogP contribution in [0, 0.1) is 0 Å². The number of hydrogen-bond acceptors (Lipinski definition) is 4. The molecule has 1 aromatic rings. The van der Waals surface area contributed by atoms with Crippen LogP contribution in [0.1, 0.15) is 26.3 Å². The maximum absolute atomic E-state index is 11.9. The van der Waals surface area contributed by atoms with E-state index in [0.717, 1.165) is 9.87 Å². The molecule has 1 N–H and O–H groups in total. The predicted octanol–water partition coefficient (Wildman–Crippen LogP) is 1.89. The van der Waals surface area contributed by atoms with Crippen molar-refractivity contribution < 1.29 is 17.9 Å². The number of hydrogen-bond donors (Lipinski definition) is 1. The zero-order valence-electron chi connectivity index (χ0n) is 12.1. The fourth-order valence-electron chi connectivity index (χ4n) is 1.41. The Hall–Kier alpha value is -1.60. The SMILES string of the molecule is CN(Cc1ccccc1)S(=O)(=O)NC(=O)OC(C)(C)C. The molecule has 0 radical (unpaired) electrons. The molecule has 0 aromatic heterocycles. The molecule has 0 aliphatic heterocycles. The highest BCUT2D eigenvalue weighted by atomic mass is 32.2. The lowest BCUT2D eigenvalue weighted by atomic mass is 10.2. The van der Waals surface area contributed by atoms with Crippen molar-refractivity contribution in [1.82, 2.24) is 9.03 Å². The monoisotopic (exact) mass is 300 g/mol. The summed E-state index contributed by atoms with van der Waals surface area (Å²) in [5.74, 6) is 0. The molecule has 1 aromatic carbocycles. The van der Waals surface area contributed by atoms with Crippen LogP contribution in [-0.4, -0.2) is 31.5 Å². The van der Waals surface area contributed by atoms with Crippen molar-refractivity contribution in [2.24, 2.45) is 0 Å². The molecular formula is C13H20N2O4S. The van der Waals surface area contributed by atoms with E-state index in [1.54, 1.807) is 32.9 Å². The van der Waals surface area contributed by atoms with Gasteiger partial charge >= 0.3 is 16.3 Å². The number of benzene rings is 1. The van der Waals surface area contributed by atoms with E-state index < -0.39 is 21.9 Å². The summed E-state index contributed by atoms with van der Waals surface area (Å²) in [5.41, 5.74) is 0.0713. The third kappa shape index (κ3) is 5.58. The second-order valence-electron chi connectivity index (χ2n) is 5.35. The van der Waals surface area contributed by atoms with Crippen LogP contribution in [-0.2, 0) is 21.5 Å². The minimum atomic E-state index is -3.92. The zero-order chi connectivity index (χ0) is 15.4. The van der Waals surface area contributed by atoms with Crippen molar-refractivity contribution in [1.29, 1.82) is 0 Å². The van der Waals surface area contributed by atoms with E-state index in [9.17, 15) is 13.2 Å². The molecule has 1 amide bonds. The van der Waals surface area contributed by atoms with Crippen LogP contribution in [0.25, 0.3) is 0 Å². The molecule has 6 nitrogen and oxygen atoms in total. The van der Waals surface area contributed by atoms with Gasteiger partial charge in [0.2, 0.25) is 0 Å². The van der Waals surface area contributed by atoms with Gasteiger partial charge in [-0.15, -0.1) is 0 Å². The number of amides is 1. The fourth-order valence-corrected chi connectivity index (χ4v) is 2.13. The van der Waals surface area contributed by atoms with Crippen molar-refractivity contribution in [3.63, 3.8) is 0 Å². The lowest BCUT2D eigenvalue weighted by molar-refractivity contribution is 0.0567. The van der Waals surface area contributed by atoms with Gasteiger partial charge in [-0.05, 0) is 26.3 Å². The van der Waals surface area contributed by atoms with Gasteiger partial charge in [0.05, 0.1) is 0 Å². The number of nitrogens with one attached hydrogen (secondary N) is 1. The molecule has 112 valence electrons. The minimum Gasteiger partial charge on any atom is -0.443 e. The lowest BCUT2D eigenvalue weighted by Gasteiger charge is -2.22. The largest absolute Gasteiger partial charge is 0.443 e. The first-order valence-corrected chi connectivity index (χ1v) is 7.55. The Bertz CT molecular complexity index is 549. The Balaban J connectivity index is 2.66. The van der Waals surface area contributed by atoms with Gasteiger partial charge in [0, 0.05) is 13.6 Å². The molecular weight excluding hydrogens is 280 g/mol. The van der Waals surface area contributed by atoms with Crippen LogP contribution in [0.4, 0.5) is 4.79 Å². The quantitative estimate of drug-likeness (QED) is 0.921. The summed E-state index contributed by atoms with van der Waals surface area (Å²) in [4.78, 5) is 11.5. The Morgan fingerprint density at radius 1 is 1.25 bits per heavy atom. The molecule has 7 heteroatoms. The number of carbonyl (C=O) groups excluding carboxylic acids is 1. The molecule has 0 aliphatic carbocycles. The van der Waals surface area contributed by atoms with Crippen LogP contribution in [0.2, 0.25) is 0 Å². The summed E-state index contributed by atoms with van der Waals surface area (Å²) in [7, 11) is -2.53. The van der Waals surface area contributed by atoms with Gasteiger partial charge in [-0.3, -0.25) is 0 Å². The Kier molecular flexibility index (Phi) is 5.13. The highest BCUT2D eigenvalue weighted by Crippen LogP contribution is 2.09. The van der Waals surface area contributed by atoms with E-state index in [4.69, 9.17) is 4.74 Å². The van der Waals surface area contributed by atoms with Crippen LogP contribution < -0.4 is 4.72 Å². The predicted molar refractivity (Wildman–Crippen MR) is 76.2 cm³/mol. The molecule has 0 atom stereocenters. The van der Waals surface area contributed by atoms with Crippen molar-refractivity contribution in [3.8, 4) is 0 Å². The first-order chi connectivity index (χ1) is 9.10. The first-order valence-electron chi connectivity index (χ1n) is 6.11. The molecule has 0 fully saturated rings. The van der Waals surface area contributed by atoms with E-state index in [2.05, 4.69) is 0 Å². The standard InChI is InChI=1S/C13H20N2O4S/c1-13(2,3)19-12(16)14-20(17,18)15(4)10-11-8-6-5-7-9-11/h5-9H,10H2,1-4H3,(H,14,16). The summed E-state index contributed by atoms with van der Waals surface area (Å²) in [6, 6.07) is 9.09. The summed E-state index contributed by atoms with van der Waals surface area (Å²) in [5, 5.41) is 0. The van der Waals surface area contributed by atoms with E-state index in [1.165, 1.54) is 7.05 Å². The van der Waals surface area contributed by atoms with Gasteiger partial charge in [0.1, 0.15) is 5.60 Å². The molecule has 0 saturated carbocycles. The molecule has 20 heavy (non-hydrogen) atoms. The maximum Gasteiger partial charge on any atom is 0.422 e. The molecule has 0 unspecified atom stereocenters. The second-order valence-corrected chi connectivity index (χ2v) is 7.13. The van der Waals surface area contributed by atoms with Crippen LogP contribution in [0.15, 0.2) is 30.3 Å². The summed E-state index contributed by atoms with van der Waals surface area (Å²) < 4.78 is 31.7. The topological polar surface area (TPSA) is 75.7 Å². The molecule has 0 spiro atoms. The van der Waals surface area contributed by atoms with Gasteiger partial charge in [-0.25, -0.2) is 9.52 Å². The zero-order valence-corrected chi connectivity index (χ0v) is 12.9. The van der Waals surface area contributed by atoms with Crippen molar-refractivity contribution in [3.05, 3.63) is 35.9 Å². The third-order valence-electron chi connectivity index (χ3n) is 2.27. The van der Waals surface area contributed by atoms with Crippen LogP contribution >= 0.6 is 0 Å². The highest BCUT2D eigenvalue weighted by molar-refractivity contribution is 7.87. The number of carbonyl (C=O) groups is 1. The van der Waals surface area contributed by atoms with Crippen molar-refractivity contribution in [2.45, 2.75) is 32.9 Å². The third-order valence-corrected chi connectivity index (χ3v) is 3.64. The van der Waals surface area contributed by atoms with E-state index in [0.29, 0.717) is 0 Å². The molecule has 1 rings (SSSR count). The number of ether oxygens (including phenoxy) is 1. The van der Waals surface area contributed by atoms with E-state index >= 15 is 0 Å². The van der Waals surface area contributed by atoms with Crippen molar-refractivity contribution >= 4 is 16.3 Å². The molecule has 0 bridgehead atoms. The average Bonchev–Trinajstić information content (AvgIpc) is 2.26. The average molecular weight is 300 g/mol. The highest BCUT2D eigenvalue weighted by Gasteiger charge is 2.24.